The Bertz CT molecular complexity index is 118. The predicted octanol–water partition coefficient (Wildman–Crippen LogP) is 2.58. The number of rotatable bonds is 6. The second-order valence-corrected chi connectivity index (χ2v) is 4.48. The maximum absolute atomic E-state index is 5.72. The Morgan fingerprint density at radius 3 is 2.23 bits per heavy atom. The van der Waals surface area contributed by atoms with Gasteiger partial charge in [-0.1, -0.05) is 13.8 Å². The fourth-order valence-corrected chi connectivity index (χ4v) is 1.02. The summed E-state index contributed by atoms with van der Waals surface area (Å²) < 4.78 is 5.72. The molecule has 0 radical (unpaired) electrons. The molecule has 0 heterocycles. The van der Waals surface area contributed by atoms with Crippen molar-refractivity contribution < 1.29 is 4.74 Å². The van der Waals surface area contributed by atoms with Gasteiger partial charge < -0.3 is 10.1 Å². The second-order valence-electron chi connectivity index (χ2n) is 4.48. The fraction of sp³-hybridized carbons (Fsp3) is 1.00. The highest BCUT2D eigenvalue weighted by Gasteiger charge is 2.13. The van der Waals surface area contributed by atoms with Gasteiger partial charge in [0.15, 0.2) is 0 Å². The lowest BCUT2D eigenvalue weighted by molar-refractivity contribution is -0.0147. The number of hydrogen-bond acceptors (Lipinski definition) is 2. The Morgan fingerprint density at radius 2 is 1.85 bits per heavy atom. The minimum Gasteiger partial charge on any atom is -0.374 e. The quantitative estimate of drug-likeness (QED) is 0.690. The fourth-order valence-electron chi connectivity index (χ4n) is 1.02. The van der Waals surface area contributed by atoms with E-state index in [9.17, 15) is 0 Å². The van der Waals surface area contributed by atoms with E-state index in [0.717, 1.165) is 19.6 Å². The molecule has 1 unspecified atom stereocenters. The zero-order valence-corrected chi connectivity index (χ0v) is 9.81. The first kappa shape index (κ1) is 12.9. The lowest BCUT2D eigenvalue weighted by atomic mass is 10.2. The van der Waals surface area contributed by atoms with Gasteiger partial charge in [-0.05, 0) is 40.2 Å². The summed E-state index contributed by atoms with van der Waals surface area (Å²) >= 11 is 0. The topological polar surface area (TPSA) is 21.3 Å². The molecule has 0 saturated heterocycles. The van der Waals surface area contributed by atoms with Crippen molar-refractivity contribution in [2.45, 2.75) is 59.1 Å². The molecule has 0 aliphatic heterocycles. The van der Waals surface area contributed by atoms with Crippen LogP contribution in [0.4, 0.5) is 0 Å². The average Bonchev–Trinajstić information content (AvgIpc) is 2.03. The molecule has 0 aliphatic rings. The van der Waals surface area contributed by atoms with Crippen LogP contribution in [0.2, 0.25) is 0 Å². The van der Waals surface area contributed by atoms with Crippen LogP contribution in [0.3, 0.4) is 0 Å². The molecule has 2 heteroatoms. The lowest BCUT2D eigenvalue weighted by Crippen LogP contribution is -2.36. The normalized spacial score (nSPS) is 14.5. The van der Waals surface area contributed by atoms with Gasteiger partial charge in [0.2, 0.25) is 0 Å². The van der Waals surface area contributed by atoms with Crippen molar-refractivity contribution in [2.24, 2.45) is 0 Å². The summed E-state index contributed by atoms with van der Waals surface area (Å²) in [6.07, 6.45) is 2.32. The number of nitrogens with one attached hydrogen (secondary N) is 1. The highest BCUT2D eigenvalue weighted by molar-refractivity contribution is 4.67. The van der Waals surface area contributed by atoms with Gasteiger partial charge in [-0.15, -0.1) is 0 Å². The van der Waals surface area contributed by atoms with E-state index in [2.05, 4.69) is 39.9 Å². The first-order valence-corrected chi connectivity index (χ1v) is 5.37. The first-order valence-electron chi connectivity index (χ1n) is 5.37. The SMILES string of the molecule is CCCNC(CC)COC(C)(C)C. The molecule has 80 valence electrons. The van der Waals surface area contributed by atoms with Gasteiger partial charge in [0.25, 0.3) is 0 Å². The Balaban J connectivity index is 3.59. The van der Waals surface area contributed by atoms with Crippen LogP contribution in [0.25, 0.3) is 0 Å². The molecule has 1 atom stereocenters. The molecule has 0 spiro atoms. The van der Waals surface area contributed by atoms with Gasteiger partial charge in [-0.3, -0.25) is 0 Å². The Labute approximate surface area is 83.1 Å². The van der Waals surface area contributed by atoms with Crippen molar-refractivity contribution in [3.63, 3.8) is 0 Å². The van der Waals surface area contributed by atoms with Crippen molar-refractivity contribution in [3.8, 4) is 0 Å². The first-order chi connectivity index (χ1) is 5.99. The monoisotopic (exact) mass is 187 g/mol. The van der Waals surface area contributed by atoms with Crippen molar-refractivity contribution in [1.82, 2.24) is 5.32 Å². The van der Waals surface area contributed by atoms with Gasteiger partial charge in [0, 0.05) is 6.04 Å². The third-order valence-electron chi connectivity index (χ3n) is 1.89. The second kappa shape index (κ2) is 6.39. The van der Waals surface area contributed by atoms with Gasteiger partial charge >= 0.3 is 0 Å². The third kappa shape index (κ3) is 8.26. The Morgan fingerprint density at radius 1 is 1.23 bits per heavy atom. The van der Waals surface area contributed by atoms with Gasteiger partial charge in [0.1, 0.15) is 0 Å². The molecule has 0 fully saturated rings. The van der Waals surface area contributed by atoms with Crippen molar-refractivity contribution in [2.75, 3.05) is 13.2 Å². The van der Waals surface area contributed by atoms with E-state index in [1.807, 2.05) is 0 Å². The van der Waals surface area contributed by atoms with Crippen LogP contribution in [0, 0.1) is 0 Å². The van der Waals surface area contributed by atoms with Crippen LogP contribution in [0.5, 0.6) is 0 Å². The Hall–Kier alpha value is -0.0800. The van der Waals surface area contributed by atoms with E-state index in [4.69, 9.17) is 4.74 Å². The van der Waals surface area contributed by atoms with Crippen molar-refractivity contribution >= 4 is 0 Å². The third-order valence-corrected chi connectivity index (χ3v) is 1.89. The van der Waals surface area contributed by atoms with E-state index in [-0.39, 0.29) is 5.60 Å². The minimum absolute atomic E-state index is 0.0126. The van der Waals surface area contributed by atoms with E-state index in [1.165, 1.54) is 6.42 Å². The largest absolute Gasteiger partial charge is 0.374 e. The molecule has 2 nitrogen and oxygen atoms in total. The molecule has 0 rings (SSSR count). The van der Waals surface area contributed by atoms with E-state index in [1.54, 1.807) is 0 Å². The molecule has 13 heavy (non-hydrogen) atoms. The summed E-state index contributed by atoms with van der Waals surface area (Å²) in [5, 5.41) is 3.47. The van der Waals surface area contributed by atoms with E-state index < -0.39 is 0 Å². The molecular weight excluding hydrogens is 162 g/mol. The van der Waals surface area contributed by atoms with Crippen LogP contribution in [-0.2, 0) is 4.74 Å². The van der Waals surface area contributed by atoms with Gasteiger partial charge in [-0.25, -0.2) is 0 Å². The summed E-state index contributed by atoms with van der Waals surface area (Å²) in [6, 6.07) is 0.513. The Kier molecular flexibility index (Phi) is 6.35. The van der Waals surface area contributed by atoms with Crippen molar-refractivity contribution in [1.29, 1.82) is 0 Å². The predicted molar refractivity (Wildman–Crippen MR) is 58.1 cm³/mol. The van der Waals surface area contributed by atoms with E-state index in [0.29, 0.717) is 6.04 Å². The molecule has 0 aromatic carbocycles. The summed E-state index contributed by atoms with van der Waals surface area (Å²) in [5.74, 6) is 0. The van der Waals surface area contributed by atoms with Crippen LogP contribution >= 0.6 is 0 Å². The maximum atomic E-state index is 5.72. The molecule has 0 bridgehead atoms. The highest BCUT2D eigenvalue weighted by Crippen LogP contribution is 2.07. The molecule has 1 N–H and O–H groups in total. The van der Waals surface area contributed by atoms with Crippen LogP contribution in [-0.4, -0.2) is 24.8 Å². The standard InChI is InChI=1S/C11H25NO/c1-6-8-12-10(7-2)9-13-11(3,4)5/h10,12H,6-9H2,1-5H3. The summed E-state index contributed by atoms with van der Waals surface area (Å²) in [4.78, 5) is 0. The average molecular weight is 187 g/mol. The molecular formula is C11H25NO. The smallest absolute Gasteiger partial charge is 0.0626 e. The van der Waals surface area contributed by atoms with Gasteiger partial charge in [0.05, 0.1) is 12.2 Å². The van der Waals surface area contributed by atoms with Crippen molar-refractivity contribution in [3.05, 3.63) is 0 Å². The summed E-state index contributed by atoms with van der Waals surface area (Å²) in [6.45, 7) is 12.6. The molecule has 0 amide bonds. The maximum Gasteiger partial charge on any atom is 0.0626 e. The molecule has 0 aromatic heterocycles. The lowest BCUT2D eigenvalue weighted by Gasteiger charge is -2.24. The van der Waals surface area contributed by atoms with Crippen LogP contribution in [0.1, 0.15) is 47.5 Å². The molecule has 0 aliphatic carbocycles. The highest BCUT2D eigenvalue weighted by atomic mass is 16.5. The minimum atomic E-state index is -0.0126. The number of hydrogen-bond donors (Lipinski definition) is 1. The molecule has 0 saturated carbocycles. The van der Waals surface area contributed by atoms with E-state index >= 15 is 0 Å². The summed E-state index contributed by atoms with van der Waals surface area (Å²) in [7, 11) is 0. The van der Waals surface area contributed by atoms with Crippen LogP contribution in [0.15, 0.2) is 0 Å². The zero-order chi connectivity index (χ0) is 10.3. The summed E-state index contributed by atoms with van der Waals surface area (Å²) in [5.41, 5.74) is -0.0126. The van der Waals surface area contributed by atoms with Crippen LogP contribution < -0.4 is 5.32 Å². The number of ether oxygens (including phenoxy) is 1. The van der Waals surface area contributed by atoms with Gasteiger partial charge in [-0.2, -0.15) is 0 Å². The molecule has 0 aromatic rings. The zero-order valence-electron chi connectivity index (χ0n) is 9.81.